The molecular formula is C17H23ClN2O3. The number of anilines is 1. The smallest absolute Gasteiger partial charge is 0.253 e. The molecule has 1 atom stereocenters. The van der Waals surface area contributed by atoms with Gasteiger partial charge in [-0.3, -0.25) is 9.59 Å². The van der Waals surface area contributed by atoms with Gasteiger partial charge in [0.15, 0.2) is 0 Å². The van der Waals surface area contributed by atoms with Crippen LogP contribution in [0.1, 0.15) is 44.0 Å². The lowest BCUT2D eigenvalue weighted by Crippen LogP contribution is -2.39. The molecule has 1 aliphatic rings. The zero-order valence-electron chi connectivity index (χ0n) is 13.7. The van der Waals surface area contributed by atoms with Gasteiger partial charge >= 0.3 is 0 Å². The molecule has 1 aliphatic heterocycles. The Kier molecular flexibility index (Phi) is 5.32. The quantitative estimate of drug-likeness (QED) is 0.886. The van der Waals surface area contributed by atoms with Gasteiger partial charge in [0.05, 0.1) is 17.4 Å². The van der Waals surface area contributed by atoms with E-state index in [9.17, 15) is 14.7 Å². The lowest BCUT2D eigenvalue weighted by Gasteiger charge is -2.26. The molecule has 126 valence electrons. The predicted molar refractivity (Wildman–Crippen MR) is 90.8 cm³/mol. The zero-order valence-corrected chi connectivity index (χ0v) is 14.5. The van der Waals surface area contributed by atoms with Crippen molar-refractivity contribution in [1.29, 1.82) is 0 Å². The van der Waals surface area contributed by atoms with Crippen molar-refractivity contribution in [2.45, 2.75) is 39.7 Å². The SMILES string of the molecule is CC(C)(C)C(O)CNC(=O)c1ccc(Cl)cc1N1CCCC1=O. The van der Waals surface area contributed by atoms with Crippen LogP contribution in [-0.2, 0) is 4.79 Å². The summed E-state index contributed by atoms with van der Waals surface area (Å²) in [4.78, 5) is 26.0. The molecule has 23 heavy (non-hydrogen) atoms. The third-order valence-corrected chi connectivity index (χ3v) is 4.26. The number of aliphatic hydroxyl groups is 1. The average molecular weight is 339 g/mol. The minimum absolute atomic E-state index is 0.00366. The normalized spacial score (nSPS) is 16.6. The Morgan fingerprint density at radius 3 is 2.70 bits per heavy atom. The van der Waals surface area contributed by atoms with Gasteiger partial charge in [-0.2, -0.15) is 0 Å². The molecule has 1 aromatic carbocycles. The predicted octanol–water partition coefficient (Wildman–Crippen LogP) is 2.60. The second-order valence-electron chi connectivity index (χ2n) is 6.90. The standard InChI is InChI=1S/C17H23ClN2O3/c1-17(2,3)14(21)10-19-16(23)12-7-6-11(18)9-13(12)20-8-4-5-15(20)22/h6-7,9,14,21H,4-5,8,10H2,1-3H3,(H,19,23). The van der Waals surface area contributed by atoms with Crippen molar-refractivity contribution in [2.75, 3.05) is 18.0 Å². The number of amides is 2. The number of nitrogens with one attached hydrogen (secondary N) is 1. The van der Waals surface area contributed by atoms with Crippen LogP contribution in [0.2, 0.25) is 5.02 Å². The minimum atomic E-state index is -0.657. The van der Waals surface area contributed by atoms with Crippen LogP contribution in [0.25, 0.3) is 0 Å². The van der Waals surface area contributed by atoms with Crippen LogP contribution in [0.3, 0.4) is 0 Å². The van der Waals surface area contributed by atoms with Gasteiger partial charge in [0, 0.05) is 24.5 Å². The minimum Gasteiger partial charge on any atom is -0.391 e. The molecule has 2 amide bonds. The van der Waals surface area contributed by atoms with E-state index in [1.54, 1.807) is 23.1 Å². The van der Waals surface area contributed by atoms with Crippen molar-refractivity contribution in [1.82, 2.24) is 5.32 Å². The van der Waals surface area contributed by atoms with E-state index in [-0.39, 0.29) is 23.8 Å². The van der Waals surface area contributed by atoms with Gasteiger partial charge in [-0.05, 0) is 30.0 Å². The van der Waals surface area contributed by atoms with E-state index in [0.29, 0.717) is 29.2 Å². The monoisotopic (exact) mass is 338 g/mol. The van der Waals surface area contributed by atoms with Gasteiger partial charge < -0.3 is 15.3 Å². The summed E-state index contributed by atoms with van der Waals surface area (Å²) in [6, 6.07) is 4.88. The van der Waals surface area contributed by atoms with Gasteiger partial charge in [-0.15, -0.1) is 0 Å². The first kappa shape index (κ1) is 17.8. The molecule has 0 saturated carbocycles. The number of halogens is 1. The Hall–Kier alpha value is -1.59. The molecule has 0 radical (unpaired) electrons. The number of carbonyl (C=O) groups excluding carboxylic acids is 2. The van der Waals surface area contributed by atoms with Crippen molar-refractivity contribution < 1.29 is 14.7 Å². The molecule has 1 fully saturated rings. The summed E-state index contributed by atoms with van der Waals surface area (Å²) in [6.45, 7) is 6.45. The maximum absolute atomic E-state index is 12.5. The summed E-state index contributed by atoms with van der Waals surface area (Å²) in [6.07, 6.45) is 0.599. The summed E-state index contributed by atoms with van der Waals surface area (Å²) < 4.78 is 0. The van der Waals surface area contributed by atoms with Gasteiger partial charge in [-0.1, -0.05) is 32.4 Å². The molecule has 2 N–H and O–H groups in total. The summed E-state index contributed by atoms with van der Waals surface area (Å²) in [7, 11) is 0. The van der Waals surface area contributed by atoms with Crippen LogP contribution < -0.4 is 10.2 Å². The highest BCUT2D eigenvalue weighted by Crippen LogP contribution is 2.28. The van der Waals surface area contributed by atoms with Gasteiger partial charge in [0.1, 0.15) is 0 Å². The molecular weight excluding hydrogens is 316 g/mol. The highest BCUT2D eigenvalue weighted by Gasteiger charge is 2.27. The molecule has 0 spiro atoms. The lowest BCUT2D eigenvalue weighted by molar-refractivity contribution is -0.117. The van der Waals surface area contributed by atoms with E-state index in [0.717, 1.165) is 6.42 Å². The fourth-order valence-corrected chi connectivity index (χ4v) is 2.58. The molecule has 5 nitrogen and oxygen atoms in total. The average Bonchev–Trinajstić information content (AvgIpc) is 2.89. The second-order valence-corrected chi connectivity index (χ2v) is 7.34. The third-order valence-electron chi connectivity index (χ3n) is 4.02. The molecule has 0 bridgehead atoms. The Balaban J connectivity index is 2.18. The molecule has 0 aliphatic carbocycles. The summed E-state index contributed by atoms with van der Waals surface area (Å²) in [5.74, 6) is -0.323. The molecule has 1 unspecified atom stereocenters. The Morgan fingerprint density at radius 2 is 2.13 bits per heavy atom. The van der Waals surface area contributed by atoms with E-state index in [4.69, 9.17) is 11.6 Å². The van der Waals surface area contributed by atoms with Crippen LogP contribution >= 0.6 is 11.6 Å². The van der Waals surface area contributed by atoms with Gasteiger partial charge in [0.25, 0.3) is 5.91 Å². The number of hydrogen-bond donors (Lipinski definition) is 2. The summed E-state index contributed by atoms with van der Waals surface area (Å²) >= 11 is 6.03. The number of aliphatic hydroxyl groups excluding tert-OH is 1. The fraction of sp³-hybridized carbons (Fsp3) is 0.529. The lowest BCUT2D eigenvalue weighted by atomic mass is 9.89. The van der Waals surface area contributed by atoms with Crippen LogP contribution in [-0.4, -0.2) is 36.1 Å². The Morgan fingerprint density at radius 1 is 1.43 bits per heavy atom. The van der Waals surface area contributed by atoms with E-state index in [2.05, 4.69) is 5.32 Å². The first-order valence-corrected chi connectivity index (χ1v) is 8.14. The number of carbonyl (C=O) groups is 2. The number of nitrogens with zero attached hydrogens (tertiary/aromatic N) is 1. The van der Waals surface area contributed by atoms with Crippen LogP contribution in [0.4, 0.5) is 5.69 Å². The molecule has 1 saturated heterocycles. The zero-order chi connectivity index (χ0) is 17.2. The summed E-state index contributed by atoms with van der Waals surface area (Å²) in [5, 5.41) is 13.3. The number of benzene rings is 1. The van der Waals surface area contributed by atoms with Crippen molar-refractivity contribution in [3.63, 3.8) is 0 Å². The van der Waals surface area contributed by atoms with Crippen LogP contribution in [0, 0.1) is 5.41 Å². The third kappa shape index (κ3) is 4.24. The van der Waals surface area contributed by atoms with Crippen LogP contribution in [0.15, 0.2) is 18.2 Å². The first-order chi connectivity index (χ1) is 10.7. The largest absolute Gasteiger partial charge is 0.391 e. The first-order valence-electron chi connectivity index (χ1n) is 7.76. The molecule has 1 heterocycles. The topological polar surface area (TPSA) is 69.6 Å². The van der Waals surface area contributed by atoms with Gasteiger partial charge in [-0.25, -0.2) is 0 Å². The molecule has 0 aromatic heterocycles. The summed E-state index contributed by atoms with van der Waals surface area (Å²) in [5.41, 5.74) is 0.606. The van der Waals surface area contributed by atoms with Crippen LogP contribution in [0.5, 0.6) is 0 Å². The van der Waals surface area contributed by atoms with Crippen molar-refractivity contribution in [3.8, 4) is 0 Å². The van der Waals surface area contributed by atoms with Crippen molar-refractivity contribution in [2.24, 2.45) is 5.41 Å². The molecule has 6 heteroatoms. The van der Waals surface area contributed by atoms with E-state index < -0.39 is 6.10 Å². The highest BCUT2D eigenvalue weighted by atomic mass is 35.5. The van der Waals surface area contributed by atoms with Crippen molar-refractivity contribution >= 4 is 29.1 Å². The fourth-order valence-electron chi connectivity index (χ4n) is 2.41. The van der Waals surface area contributed by atoms with E-state index in [1.807, 2.05) is 20.8 Å². The van der Waals surface area contributed by atoms with E-state index in [1.165, 1.54) is 0 Å². The highest BCUT2D eigenvalue weighted by molar-refractivity contribution is 6.31. The number of hydrogen-bond acceptors (Lipinski definition) is 3. The maximum atomic E-state index is 12.5. The van der Waals surface area contributed by atoms with Crippen molar-refractivity contribution in [3.05, 3.63) is 28.8 Å². The molecule has 2 rings (SSSR count). The Labute approximate surface area is 141 Å². The van der Waals surface area contributed by atoms with E-state index >= 15 is 0 Å². The molecule has 1 aromatic rings. The van der Waals surface area contributed by atoms with Gasteiger partial charge in [0.2, 0.25) is 5.91 Å². The maximum Gasteiger partial charge on any atom is 0.253 e. The number of rotatable bonds is 4. The Bertz CT molecular complexity index is 610. The second kappa shape index (κ2) is 6.89.